The molecule has 1 aromatic heterocycles. The van der Waals surface area contributed by atoms with Gasteiger partial charge in [0.05, 0.1) is 17.1 Å². The molecule has 3 heterocycles. The Kier molecular flexibility index (Phi) is 11.9. The number of rotatable bonds is 14. The van der Waals surface area contributed by atoms with Gasteiger partial charge in [0.2, 0.25) is 5.17 Å². The summed E-state index contributed by atoms with van der Waals surface area (Å²) >= 11 is 1.33. The van der Waals surface area contributed by atoms with Crippen LogP contribution in [0.25, 0.3) is 5.69 Å². The summed E-state index contributed by atoms with van der Waals surface area (Å²) in [6.07, 6.45) is 3.87. The lowest BCUT2D eigenvalue weighted by molar-refractivity contribution is -0.122. The Morgan fingerprint density at radius 2 is 1.47 bits per heavy atom. The monoisotopic (exact) mass is 800 g/mol. The highest BCUT2D eigenvalue weighted by Crippen LogP contribution is 2.40. The zero-order valence-corrected chi connectivity index (χ0v) is 35.5. The van der Waals surface area contributed by atoms with Crippen LogP contribution in [-0.2, 0) is 15.6 Å². The fourth-order valence-electron chi connectivity index (χ4n) is 7.17. The molecule has 2 aliphatic heterocycles. The lowest BCUT2D eigenvalue weighted by Crippen LogP contribution is -2.45. The van der Waals surface area contributed by atoms with E-state index >= 15 is 0 Å². The SMILES string of the molecule is CCC(Oc1ccc(C(C)(C)CC)cc1C(C)(C)CC)C(=O)Nc1ccc(-n2[nH]c(N3CCCC3)c(SC3=NNN(c4ccccc4)N3c3ccccc3)c2=O)cc1. The molecule has 0 aliphatic carbocycles. The van der Waals surface area contributed by atoms with Gasteiger partial charge in [0, 0.05) is 24.3 Å². The van der Waals surface area contributed by atoms with Gasteiger partial charge < -0.3 is 15.0 Å². The van der Waals surface area contributed by atoms with Crippen LogP contribution < -0.4 is 36.2 Å². The molecule has 1 saturated heterocycles. The molecule has 12 heteroatoms. The molecule has 1 amide bonds. The van der Waals surface area contributed by atoms with Gasteiger partial charge in [0.15, 0.2) is 6.10 Å². The zero-order valence-electron chi connectivity index (χ0n) is 34.7. The lowest BCUT2D eigenvalue weighted by Gasteiger charge is -2.31. The maximum absolute atomic E-state index is 14.4. The minimum absolute atomic E-state index is 0.0302. The van der Waals surface area contributed by atoms with Crippen LogP contribution in [0, 0.1) is 0 Å². The molecular weight excluding hydrogens is 745 g/mol. The van der Waals surface area contributed by atoms with Crippen molar-refractivity contribution in [1.29, 1.82) is 0 Å². The van der Waals surface area contributed by atoms with Crippen LogP contribution in [0.4, 0.5) is 22.9 Å². The van der Waals surface area contributed by atoms with Crippen molar-refractivity contribution >= 4 is 45.7 Å². The third-order valence-corrected chi connectivity index (χ3v) is 12.7. The maximum atomic E-state index is 14.4. The van der Waals surface area contributed by atoms with Gasteiger partial charge in [-0.05, 0) is 115 Å². The first-order valence-electron chi connectivity index (χ1n) is 20.5. The number of nitrogens with zero attached hydrogens (tertiary/aromatic N) is 5. The largest absolute Gasteiger partial charge is 0.480 e. The number of aromatic nitrogens is 2. The van der Waals surface area contributed by atoms with E-state index in [0.29, 0.717) is 27.9 Å². The molecule has 2 aliphatic rings. The van der Waals surface area contributed by atoms with E-state index in [-0.39, 0.29) is 22.3 Å². The summed E-state index contributed by atoms with van der Waals surface area (Å²) in [4.78, 5) is 30.9. The summed E-state index contributed by atoms with van der Waals surface area (Å²) < 4.78 is 8.10. The Bertz CT molecular complexity index is 2280. The van der Waals surface area contributed by atoms with E-state index < -0.39 is 6.10 Å². The van der Waals surface area contributed by atoms with Crippen molar-refractivity contribution in [1.82, 2.24) is 15.3 Å². The Morgan fingerprint density at radius 1 is 0.828 bits per heavy atom. The van der Waals surface area contributed by atoms with Crippen LogP contribution in [0.5, 0.6) is 5.75 Å². The van der Waals surface area contributed by atoms with Crippen LogP contribution in [0.2, 0.25) is 0 Å². The molecule has 1 unspecified atom stereocenters. The fourth-order valence-corrected chi connectivity index (χ4v) is 8.16. The topological polar surface area (TPSA) is 110 Å². The fraction of sp³-hybridized carbons (Fsp3) is 0.370. The van der Waals surface area contributed by atoms with Crippen molar-refractivity contribution < 1.29 is 9.53 Å². The number of thioether (sulfide) groups is 1. The Morgan fingerprint density at radius 3 is 2.09 bits per heavy atom. The van der Waals surface area contributed by atoms with Crippen molar-refractivity contribution in [3.8, 4) is 11.4 Å². The zero-order chi connectivity index (χ0) is 41.0. The third-order valence-electron chi connectivity index (χ3n) is 11.7. The number of hydrogen-bond acceptors (Lipinski definition) is 9. The average molecular weight is 801 g/mol. The molecule has 11 nitrogen and oxygen atoms in total. The minimum Gasteiger partial charge on any atom is -0.480 e. The molecule has 0 radical (unpaired) electrons. The number of carbonyl (C=O) groups excluding carboxylic acids is 1. The predicted octanol–water partition coefficient (Wildman–Crippen LogP) is 9.75. The second-order valence-corrected chi connectivity index (χ2v) is 17.2. The van der Waals surface area contributed by atoms with Crippen molar-refractivity contribution in [2.45, 2.75) is 102 Å². The first-order valence-corrected chi connectivity index (χ1v) is 21.3. The number of hydrazine groups is 2. The van der Waals surface area contributed by atoms with E-state index in [1.165, 1.54) is 17.3 Å². The number of para-hydroxylation sites is 2. The summed E-state index contributed by atoms with van der Waals surface area (Å²) in [5.74, 6) is 1.28. The summed E-state index contributed by atoms with van der Waals surface area (Å²) in [6.45, 7) is 17.0. The number of anilines is 4. The standard InChI is InChI=1S/C46H56N8O3S/c1-8-38(57-39-28-23-32(45(4,5)9-2)31-37(39)46(6,7)10-3)42(55)47-33-24-26-34(27-25-33)52-43(56)40(41(49-52)51-29-17-18-30-51)58-44-48-50-54(36-21-15-12-16-22-36)53(44)35-19-13-11-14-20-35/h11-16,19-28,31,38,49-50H,8-10,17-18,29-30H2,1-7H3,(H,47,55). The van der Waals surface area contributed by atoms with Gasteiger partial charge >= 0.3 is 0 Å². The Labute approximate surface area is 346 Å². The van der Waals surface area contributed by atoms with Gasteiger partial charge in [-0.25, -0.2) is 9.69 Å². The Hall–Kier alpha value is -5.62. The molecule has 0 saturated carbocycles. The summed E-state index contributed by atoms with van der Waals surface area (Å²) in [5, 5.41) is 15.7. The maximum Gasteiger partial charge on any atom is 0.287 e. The van der Waals surface area contributed by atoms with Crippen LogP contribution >= 0.6 is 11.8 Å². The molecule has 5 aromatic rings. The average Bonchev–Trinajstić information content (AvgIpc) is 4.01. The number of benzene rings is 4. The smallest absolute Gasteiger partial charge is 0.287 e. The Balaban J connectivity index is 1.12. The number of ether oxygens (including phenoxy) is 1. The quantitative estimate of drug-likeness (QED) is 0.102. The van der Waals surface area contributed by atoms with Gasteiger partial charge in [0.25, 0.3) is 11.5 Å². The van der Waals surface area contributed by atoms with E-state index in [2.05, 4.69) is 74.5 Å². The predicted molar refractivity (Wildman–Crippen MR) is 239 cm³/mol. The molecule has 4 aromatic carbocycles. The molecule has 0 bridgehead atoms. The van der Waals surface area contributed by atoms with E-state index in [0.717, 1.165) is 67.3 Å². The normalized spacial score (nSPS) is 15.0. The van der Waals surface area contributed by atoms with E-state index in [4.69, 9.17) is 9.84 Å². The van der Waals surface area contributed by atoms with Gasteiger partial charge in [-0.3, -0.25) is 14.7 Å². The van der Waals surface area contributed by atoms with Crippen LogP contribution in [0.1, 0.15) is 91.7 Å². The molecule has 3 N–H and O–H groups in total. The number of nitrogens with one attached hydrogen (secondary N) is 3. The first-order chi connectivity index (χ1) is 27.9. The van der Waals surface area contributed by atoms with Crippen molar-refractivity contribution in [3.05, 3.63) is 125 Å². The lowest BCUT2D eigenvalue weighted by atomic mass is 9.76. The van der Waals surface area contributed by atoms with Gasteiger partial charge in [-0.1, -0.05) is 97.0 Å². The van der Waals surface area contributed by atoms with Crippen LogP contribution in [0.15, 0.2) is 118 Å². The highest BCUT2D eigenvalue weighted by molar-refractivity contribution is 8.14. The number of H-pyrrole nitrogens is 1. The summed E-state index contributed by atoms with van der Waals surface area (Å²) in [7, 11) is 0. The van der Waals surface area contributed by atoms with Crippen LogP contribution in [0.3, 0.4) is 0 Å². The van der Waals surface area contributed by atoms with E-state index in [1.807, 2.05) is 108 Å². The van der Waals surface area contributed by atoms with Gasteiger partial charge in [0.1, 0.15) is 16.5 Å². The highest BCUT2D eigenvalue weighted by atomic mass is 32.2. The summed E-state index contributed by atoms with van der Waals surface area (Å²) in [5.41, 5.74) is 8.32. The van der Waals surface area contributed by atoms with E-state index in [1.54, 1.807) is 4.68 Å². The number of hydrazone groups is 1. The first kappa shape index (κ1) is 40.6. The molecule has 0 spiro atoms. The van der Waals surface area contributed by atoms with Crippen molar-refractivity contribution in [2.75, 3.05) is 33.4 Å². The molecule has 304 valence electrons. The molecular formula is C46H56N8O3S. The van der Waals surface area contributed by atoms with E-state index in [9.17, 15) is 9.59 Å². The van der Waals surface area contributed by atoms with Crippen LogP contribution in [-0.4, -0.2) is 40.0 Å². The molecule has 7 rings (SSSR count). The summed E-state index contributed by atoms with van der Waals surface area (Å²) in [6, 6.07) is 33.7. The third kappa shape index (κ3) is 8.34. The second kappa shape index (κ2) is 17.1. The highest BCUT2D eigenvalue weighted by Gasteiger charge is 2.33. The number of aromatic amines is 1. The van der Waals surface area contributed by atoms with Crippen molar-refractivity contribution in [3.63, 3.8) is 0 Å². The number of carbonyl (C=O) groups is 1. The van der Waals surface area contributed by atoms with Crippen molar-refractivity contribution in [2.24, 2.45) is 5.10 Å². The number of hydrogen-bond donors (Lipinski definition) is 3. The number of amidine groups is 1. The molecule has 58 heavy (non-hydrogen) atoms. The molecule has 1 fully saturated rings. The molecule has 1 atom stereocenters. The van der Waals surface area contributed by atoms with Gasteiger partial charge in [-0.15, -0.1) is 5.10 Å². The second-order valence-electron chi connectivity index (χ2n) is 16.3. The number of amides is 1. The van der Waals surface area contributed by atoms with Gasteiger partial charge in [-0.2, -0.15) is 10.7 Å². The minimum atomic E-state index is -0.689.